The number of hydrogen-bond donors (Lipinski definition) is 1. The summed E-state index contributed by atoms with van der Waals surface area (Å²) in [5.74, 6) is 0.543. The Morgan fingerprint density at radius 3 is 2.74 bits per heavy atom. The molecule has 100 valence electrons. The number of carbonyl (C=O) groups excluding carboxylic acids is 1. The van der Waals surface area contributed by atoms with Gasteiger partial charge in [-0.05, 0) is 30.9 Å². The van der Waals surface area contributed by atoms with Gasteiger partial charge in [-0.1, -0.05) is 12.1 Å². The normalized spacial score (nSPS) is 12.1. The molecule has 19 heavy (non-hydrogen) atoms. The number of nitrogens with one attached hydrogen (secondary N) is 1. The first-order valence-corrected chi connectivity index (χ1v) is 7.33. The van der Waals surface area contributed by atoms with Crippen molar-refractivity contribution in [1.29, 1.82) is 0 Å². The fraction of sp³-hybridized carbons (Fsp3) is 0.308. The van der Waals surface area contributed by atoms with E-state index >= 15 is 0 Å². The van der Waals surface area contributed by atoms with Gasteiger partial charge in [-0.25, -0.2) is 9.67 Å². The van der Waals surface area contributed by atoms with Crippen molar-refractivity contribution >= 4 is 17.7 Å². The van der Waals surface area contributed by atoms with Gasteiger partial charge in [0.25, 0.3) is 0 Å². The van der Waals surface area contributed by atoms with Gasteiger partial charge >= 0.3 is 0 Å². The van der Waals surface area contributed by atoms with E-state index in [0.29, 0.717) is 5.75 Å². The highest BCUT2D eigenvalue weighted by molar-refractivity contribution is 7.99. The zero-order valence-corrected chi connectivity index (χ0v) is 11.7. The third-order valence-corrected chi connectivity index (χ3v) is 3.28. The molecular formula is C13H16N4OS. The van der Waals surface area contributed by atoms with Crippen LogP contribution < -0.4 is 5.32 Å². The Kier molecular flexibility index (Phi) is 4.57. The highest BCUT2D eigenvalue weighted by Crippen LogP contribution is 2.15. The quantitative estimate of drug-likeness (QED) is 0.904. The van der Waals surface area contributed by atoms with Gasteiger partial charge in [0.05, 0.1) is 17.5 Å². The second-order valence-electron chi connectivity index (χ2n) is 4.15. The third kappa shape index (κ3) is 3.57. The molecule has 0 saturated carbocycles. The highest BCUT2D eigenvalue weighted by atomic mass is 32.2. The topological polar surface area (TPSA) is 59.8 Å². The van der Waals surface area contributed by atoms with E-state index in [1.54, 1.807) is 11.0 Å². The van der Waals surface area contributed by atoms with E-state index in [0.717, 1.165) is 11.3 Å². The van der Waals surface area contributed by atoms with E-state index in [2.05, 4.69) is 15.4 Å². The monoisotopic (exact) mass is 276 g/mol. The Morgan fingerprint density at radius 1 is 1.42 bits per heavy atom. The summed E-state index contributed by atoms with van der Waals surface area (Å²) in [7, 11) is 0. The van der Waals surface area contributed by atoms with Crippen molar-refractivity contribution in [2.75, 3.05) is 12.0 Å². The summed E-state index contributed by atoms with van der Waals surface area (Å²) in [6, 6.07) is 7.90. The smallest absolute Gasteiger partial charge is 0.230 e. The number of amides is 1. The van der Waals surface area contributed by atoms with E-state index in [4.69, 9.17) is 0 Å². The average Bonchev–Trinajstić information content (AvgIpc) is 2.93. The first kappa shape index (κ1) is 13.6. The largest absolute Gasteiger partial charge is 0.349 e. The predicted octanol–water partition coefficient (Wildman–Crippen LogP) is 1.81. The lowest BCUT2D eigenvalue weighted by Crippen LogP contribution is -2.28. The van der Waals surface area contributed by atoms with Crippen molar-refractivity contribution in [1.82, 2.24) is 20.1 Å². The van der Waals surface area contributed by atoms with Crippen LogP contribution in [0.1, 0.15) is 18.5 Å². The number of rotatable bonds is 5. The van der Waals surface area contributed by atoms with Crippen LogP contribution in [-0.2, 0) is 4.79 Å². The van der Waals surface area contributed by atoms with E-state index < -0.39 is 0 Å². The lowest BCUT2D eigenvalue weighted by atomic mass is 10.1. The summed E-state index contributed by atoms with van der Waals surface area (Å²) in [6.45, 7) is 1.97. The number of benzene rings is 1. The Balaban J connectivity index is 2.04. The molecule has 1 atom stereocenters. The van der Waals surface area contributed by atoms with Crippen molar-refractivity contribution in [3.05, 3.63) is 42.5 Å². The summed E-state index contributed by atoms with van der Waals surface area (Å²) in [5.41, 5.74) is 2.02. The van der Waals surface area contributed by atoms with Crippen LogP contribution >= 0.6 is 11.8 Å². The molecule has 2 aromatic rings. The molecule has 1 aromatic carbocycles. The van der Waals surface area contributed by atoms with Crippen LogP contribution in [0.4, 0.5) is 0 Å². The summed E-state index contributed by atoms with van der Waals surface area (Å²) < 4.78 is 1.70. The Labute approximate surface area is 116 Å². The molecule has 0 aliphatic rings. The van der Waals surface area contributed by atoms with Gasteiger partial charge in [-0.15, -0.1) is 0 Å². The molecule has 0 saturated heterocycles. The summed E-state index contributed by atoms with van der Waals surface area (Å²) in [4.78, 5) is 15.4. The minimum atomic E-state index is 0.00412. The number of hydrogen-bond acceptors (Lipinski definition) is 4. The highest BCUT2D eigenvalue weighted by Gasteiger charge is 2.09. The van der Waals surface area contributed by atoms with Crippen LogP contribution in [0.25, 0.3) is 5.69 Å². The molecule has 0 radical (unpaired) electrons. The molecule has 6 heteroatoms. The molecule has 2 rings (SSSR count). The van der Waals surface area contributed by atoms with E-state index in [1.165, 1.54) is 18.1 Å². The zero-order valence-electron chi connectivity index (χ0n) is 10.9. The lowest BCUT2D eigenvalue weighted by molar-refractivity contribution is -0.119. The minimum absolute atomic E-state index is 0.00412. The number of aromatic nitrogens is 3. The third-order valence-electron chi connectivity index (χ3n) is 2.73. The number of thioether (sulfide) groups is 1. The molecule has 1 unspecified atom stereocenters. The van der Waals surface area contributed by atoms with Crippen molar-refractivity contribution in [2.45, 2.75) is 13.0 Å². The molecule has 0 aliphatic heterocycles. The van der Waals surface area contributed by atoms with Gasteiger partial charge in [0.15, 0.2) is 0 Å². The van der Waals surface area contributed by atoms with E-state index in [9.17, 15) is 4.79 Å². The molecule has 1 aromatic heterocycles. The maximum atomic E-state index is 11.5. The molecule has 5 nitrogen and oxygen atoms in total. The Morgan fingerprint density at radius 2 is 2.16 bits per heavy atom. The Hall–Kier alpha value is -1.82. The second kappa shape index (κ2) is 6.38. The molecule has 0 aliphatic carbocycles. The van der Waals surface area contributed by atoms with E-state index in [1.807, 2.05) is 37.4 Å². The van der Waals surface area contributed by atoms with Gasteiger partial charge < -0.3 is 5.32 Å². The average molecular weight is 276 g/mol. The van der Waals surface area contributed by atoms with Gasteiger partial charge in [-0.3, -0.25) is 4.79 Å². The maximum Gasteiger partial charge on any atom is 0.230 e. The molecular weight excluding hydrogens is 260 g/mol. The number of nitrogens with zero attached hydrogens (tertiary/aromatic N) is 3. The molecule has 0 fully saturated rings. The maximum absolute atomic E-state index is 11.5. The molecule has 1 heterocycles. The van der Waals surface area contributed by atoms with Gasteiger partial charge in [0, 0.05) is 0 Å². The standard InChI is InChI=1S/C13H16N4OS/c1-10(16-13(18)7-19-2)11-3-5-12(6-4-11)17-9-14-8-15-17/h3-6,8-10H,7H2,1-2H3,(H,16,18). The predicted molar refractivity (Wildman–Crippen MR) is 76.3 cm³/mol. The van der Waals surface area contributed by atoms with Crippen molar-refractivity contribution < 1.29 is 4.79 Å². The zero-order chi connectivity index (χ0) is 13.7. The van der Waals surface area contributed by atoms with Crippen LogP contribution in [0.5, 0.6) is 0 Å². The Bertz CT molecular complexity index is 524. The summed E-state index contributed by atoms with van der Waals surface area (Å²) >= 11 is 1.52. The van der Waals surface area contributed by atoms with Crippen LogP contribution in [-0.4, -0.2) is 32.7 Å². The fourth-order valence-electron chi connectivity index (χ4n) is 1.75. The van der Waals surface area contributed by atoms with Crippen LogP contribution in [0.15, 0.2) is 36.9 Å². The van der Waals surface area contributed by atoms with E-state index in [-0.39, 0.29) is 11.9 Å². The van der Waals surface area contributed by atoms with Crippen LogP contribution in [0.2, 0.25) is 0 Å². The lowest BCUT2D eigenvalue weighted by Gasteiger charge is -2.14. The SMILES string of the molecule is CSCC(=O)NC(C)c1ccc(-n2cncn2)cc1. The molecule has 1 N–H and O–H groups in total. The molecule has 1 amide bonds. The van der Waals surface area contributed by atoms with Crippen molar-refractivity contribution in [2.24, 2.45) is 0 Å². The summed E-state index contributed by atoms with van der Waals surface area (Å²) in [5, 5.41) is 7.02. The molecule has 0 bridgehead atoms. The van der Waals surface area contributed by atoms with Crippen LogP contribution in [0.3, 0.4) is 0 Å². The van der Waals surface area contributed by atoms with Crippen molar-refractivity contribution in [3.63, 3.8) is 0 Å². The van der Waals surface area contributed by atoms with Gasteiger partial charge in [0.1, 0.15) is 12.7 Å². The van der Waals surface area contributed by atoms with Gasteiger partial charge in [0.2, 0.25) is 5.91 Å². The summed E-state index contributed by atoms with van der Waals surface area (Å²) in [6.07, 6.45) is 5.06. The minimum Gasteiger partial charge on any atom is -0.349 e. The second-order valence-corrected chi connectivity index (χ2v) is 5.02. The first-order chi connectivity index (χ1) is 9.20. The molecule has 0 spiro atoms. The van der Waals surface area contributed by atoms with Crippen molar-refractivity contribution in [3.8, 4) is 5.69 Å². The first-order valence-electron chi connectivity index (χ1n) is 5.94. The number of carbonyl (C=O) groups is 1. The fourth-order valence-corrected chi connectivity index (χ4v) is 2.10. The van der Waals surface area contributed by atoms with Gasteiger partial charge in [-0.2, -0.15) is 16.9 Å². The van der Waals surface area contributed by atoms with Crippen LogP contribution in [0, 0.1) is 0 Å².